The van der Waals surface area contributed by atoms with E-state index in [9.17, 15) is 0 Å². The molecule has 0 amide bonds. The second kappa shape index (κ2) is 6.85. The van der Waals surface area contributed by atoms with E-state index in [2.05, 4.69) is 35.9 Å². The number of anilines is 2. The first-order valence-electron chi connectivity index (χ1n) is 6.18. The highest BCUT2D eigenvalue weighted by atomic mass is 79.9. The van der Waals surface area contributed by atoms with Gasteiger partial charge in [-0.3, -0.25) is 0 Å². The highest BCUT2D eigenvalue weighted by Crippen LogP contribution is 2.30. The van der Waals surface area contributed by atoms with Gasteiger partial charge in [0.25, 0.3) is 0 Å². The predicted octanol–water partition coefficient (Wildman–Crippen LogP) is 2.61. The maximum absolute atomic E-state index is 5.76. The van der Waals surface area contributed by atoms with Crippen molar-refractivity contribution in [3.8, 4) is 0 Å². The summed E-state index contributed by atoms with van der Waals surface area (Å²) in [7, 11) is 0. The highest BCUT2D eigenvalue weighted by molar-refractivity contribution is 9.10. The maximum Gasteiger partial charge on any atom is 0.231 e. The summed E-state index contributed by atoms with van der Waals surface area (Å²) in [5.41, 5.74) is 5.76. The van der Waals surface area contributed by atoms with Crippen molar-refractivity contribution in [2.75, 3.05) is 23.7 Å². The Kier molecular flexibility index (Phi) is 5.13. The summed E-state index contributed by atoms with van der Waals surface area (Å²) >= 11 is 4.80. The second-order valence-corrected chi connectivity index (χ2v) is 5.65. The van der Waals surface area contributed by atoms with Crippen LogP contribution in [0.25, 0.3) is 0 Å². The van der Waals surface area contributed by atoms with Crippen LogP contribution in [0.15, 0.2) is 33.0 Å². The van der Waals surface area contributed by atoms with Crippen molar-refractivity contribution >= 4 is 39.6 Å². The monoisotopic (exact) mass is 354 g/mol. The third-order valence-electron chi connectivity index (χ3n) is 2.58. The normalized spacial score (nSPS) is 10.6. The number of hydrogen-bond acceptors (Lipinski definition) is 7. The molecular weight excluding hydrogens is 340 g/mol. The first kappa shape index (κ1) is 15.0. The van der Waals surface area contributed by atoms with E-state index >= 15 is 0 Å². The van der Waals surface area contributed by atoms with Gasteiger partial charge in [0.1, 0.15) is 5.03 Å². The molecule has 0 unspecified atom stereocenters. The van der Waals surface area contributed by atoms with Crippen molar-refractivity contribution in [2.24, 2.45) is 0 Å². The molecule has 106 valence electrons. The number of pyridine rings is 1. The molecule has 0 saturated heterocycles. The second-order valence-electron chi connectivity index (χ2n) is 3.84. The van der Waals surface area contributed by atoms with Crippen LogP contribution in [0.5, 0.6) is 0 Å². The summed E-state index contributed by atoms with van der Waals surface area (Å²) in [6.45, 7) is 5.73. The molecule has 2 aromatic heterocycles. The molecule has 20 heavy (non-hydrogen) atoms. The van der Waals surface area contributed by atoms with Crippen molar-refractivity contribution in [3.05, 3.63) is 22.8 Å². The van der Waals surface area contributed by atoms with Crippen LogP contribution in [0.4, 0.5) is 11.9 Å². The molecule has 0 bridgehead atoms. The number of aromatic nitrogens is 4. The van der Waals surface area contributed by atoms with E-state index in [0.717, 1.165) is 22.6 Å². The molecule has 8 heteroatoms. The van der Waals surface area contributed by atoms with Gasteiger partial charge in [-0.15, -0.1) is 0 Å². The van der Waals surface area contributed by atoms with Gasteiger partial charge in [-0.1, -0.05) is 0 Å². The third kappa shape index (κ3) is 3.57. The fourth-order valence-corrected chi connectivity index (χ4v) is 2.80. The van der Waals surface area contributed by atoms with Crippen LogP contribution >= 0.6 is 27.7 Å². The lowest BCUT2D eigenvalue weighted by Gasteiger charge is -2.18. The van der Waals surface area contributed by atoms with E-state index in [1.54, 1.807) is 6.20 Å². The highest BCUT2D eigenvalue weighted by Gasteiger charge is 2.12. The fraction of sp³-hybridized carbons (Fsp3) is 0.333. The Morgan fingerprint density at radius 3 is 2.65 bits per heavy atom. The number of hydrogen-bond donors (Lipinski definition) is 1. The summed E-state index contributed by atoms with van der Waals surface area (Å²) in [5, 5.41) is 1.34. The topological polar surface area (TPSA) is 80.8 Å². The Bertz CT molecular complexity index is 590. The Morgan fingerprint density at radius 1 is 1.25 bits per heavy atom. The summed E-state index contributed by atoms with van der Waals surface area (Å²) in [5.74, 6) is 0.813. The van der Waals surface area contributed by atoms with Crippen LogP contribution in [0.2, 0.25) is 0 Å². The van der Waals surface area contributed by atoms with Crippen LogP contribution in [0.1, 0.15) is 13.8 Å². The lowest BCUT2D eigenvalue weighted by Crippen LogP contribution is -2.25. The minimum Gasteiger partial charge on any atom is -0.368 e. The van der Waals surface area contributed by atoms with Gasteiger partial charge in [-0.25, -0.2) is 4.98 Å². The van der Waals surface area contributed by atoms with E-state index in [1.807, 2.05) is 30.9 Å². The van der Waals surface area contributed by atoms with E-state index in [-0.39, 0.29) is 5.95 Å². The molecule has 0 spiro atoms. The zero-order valence-corrected chi connectivity index (χ0v) is 13.6. The molecule has 0 aliphatic carbocycles. The smallest absolute Gasteiger partial charge is 0.231 e. The molecular formula is C12H15BrN6S. The Labute approximate surface area is 130 Å². The molecule has 0 aromatic carbocycles. The largest absolute Gasteiger partial charge is 0.368 e. The van der Waals surface area contributed by atoms with Crippen LogP contribution in [0.3, 0.4) is 0 Å². The van der Waals surface area contributed by atoms with Crippen molar-refractivity contribution in [1.82, 2.24) is 19.9 Å². The van der Waals surface area contributed by atoms with E-state index in [0.29, 0.717) is 11.1 Å². The van der Waals surface area contributed by atoms with Gasteiger partial charge in [-0.2, -0.15) is 15.0 Å². The molecule has 6 nitrogen and oxygen atoms in total. The number of nitrogens with zero attached hydrogens (tertiary/aromatic N) is 5. The van der Waals surface area contributed by atoms with Gasteiger partial charge in [0.05, 0.1) is 4.47 Å². The number of rotatable bonds is 5. The Hall–Kier alpha value is -1.41. The predicted molar refractivity (Wildman–Crippen MR) is 83.9 cm³/mol. The van der Waals surface area contributed by atoms with Gasteiger partial charge < -0.3 is 10.6 Å². The molecule has 2 N–H and O–H groups in total. The quantitative estimate of drug-likeness (QED) is 0.883. The molecule has 0 radical (unpaired) electrons. The van der Waals surface area contributed by atoms with Crippen LogP contribution in [-0.4, -0.2) is 33.0 Å². The molecule has 0 atom stereocenters. The summed E-state index contributed by atoms with van der Waals surface area (Å²) in [6.07, 6.45) is 1.73. The first-order valence-corrected chi connectivity index (χ1v) is 7.79. The summed E-state index contributed by atoms with van der Waals surface area (Å²) in [6, 6.07) is 3.78. The lowest BCUT2D eigenvalue weighted by atomic mass is 10.5. The zero-order chi connectivity index (χ0) is 14.5. The SMILES string of the molecule is CCN(CC)c1nc(N)nc(Sc2ncccc2Br)n1. The summed E-state index contributed by atoms with van der Waals surface area (Å²) in [4.78, 5) is 19.1. The molecule has 2 heterocycles. The standard InChI is InChI=1S/C12H15BrN6S/c1-3-19(4-2)11-16-10(14)17-12(18-11)20-9-8(13)6-5-7-15-9/h5-7H,3-4H2,1-2H3,(H2,14,16,17,18). The van der Waals surface area contributed by atoms with Gasteiger partial charge in [0.15, 0.2) is 0 Å². The number of nitrogen functional groups attached to an aromatic ring is 1. The Morgan fingerprint density at radius 2 is 2.00 bits per heavy atom. The van der Waals surface area contributed by atoms with Crippen LogP contribution in [-0.2, 0) is 0 Å². The zero-order valence-electron chi connectivity index (χ0n) is 11.2. The van der Waals surface area contributed by atoms with Crippen molar-refractivity contribution in [1.29, 1.82) is 0 Å². The molecule has 2 rings (SSSR count). The van der Waals surface area contributed by atoms with Crippen molar-refractivity contribution in [3.63, 3.8) is 0 Å². The molecule has 0 fully saturated rings. The average Bonchev–Trinajstić information content (AvgIpc) is 2.42. The van der Waals surface area contributed by atoms with Gasteiger partial charge in [-0.05, 0) is 53.7 Å². The molecule has 0 saturated carbocycles. The maximum atomic E-state index is 5.76. The molecule has 2 aromatic rings. The van der Waals surface area contributed by atoms with E-state index in [4.69, 9.17) is 5.73 Å². The summed E-state index contributed by atoms with van der Waals surface area (Å²) < 4.78 is 0.897. The van der Waals surface area contributed by atoms with E-state index in [1.165, 1.54) is 11.8 Å². The molecule has 0 aliphatic heterocycles. The van der Waals surface area contributed by atoms with Gasteiger partial charge >= 0.3 is 0 Å². The minimum absolute atomic E-state index is 0.219. The van der Waals surface area contributed by atoms with Crippen LogP contribution < -0.4 is 10.6 Å². The third-order valence-corrected chi connectivity index (χ3v) is 4.37. The Balaban J connectivity index is 2.31. The minimum atomic E-state index is 0.219. The first-order chi connectivity index (χ1) is 9.63. The fourth-order valence-electron chi connectivity index (χ4n) is 1.59. The average molecular weight is 355 g/mol. The number of halogens is 1. The van der Waals surface area contributed by atoms with Crippen LogP contribution in [0, 0.1) is 0 Å². The van der Waals surface area contributed by atoms with E-state index < -0.39 is 0 Å². The van der Waals surface area contributed by atoms with Gasteiger partial charge in [0, 0.05) is 19.3 Å². The number of nitrogens with two attached hydrogens (primary N) is 1. The van der Waals surface area contributed by atoms with Crippen molar-refractivity contribution in [2.45, 2.75) is 24.0 Å². The van der Waals surface area contributed by atoms with Crippen molar-refractivity contribution < 1.29 is 0 Å². The molecule has 0 aliphatic rings. The van der Waals surface area contributed by atoms with Gasteiger partial charge in [0.2, 0.25) is 17.1 Å². The lowest BCUT2D eigenvalue weighted by molar-refractivity contribution is 0.786.